The fourth-order valence-electron chi connectivity index (χ4n) is 3.11. The molecule has 2 aliphatic heterocycles. The molecule has 0 saturated carbocycles. The SMILES string of the molecule is O=C(C1CCOCC1)N1CCN(c2ccc(Cl)cc2Cl)CC1. The van der Waals surface area contributed by atoms with E-state index >= 15 is 0 Å². The fraction of sp³-hybridized carbons (Fsp3) is 0.562. The quantitative estimate of drug-likeness (QED) is 0.827. The van der Waals surface area contributed by atoms with Gasteiger partial charge in [-0.25, -0.2) is 0 Å². The van der Waals surface area contributed by atoms with Crippen molar-refractivity contribution >= 4 is 34.8 Å². The molecule has 0 radical (unpaired) electrons. The molecule has 0 spiro atoms. The molecule has 0 N–H and O–H groups in total. The third kappa shape index (κ3) is 3.50. The number of halogens is 2. The van der Waals surface area contributed by atoms with Crippen molar-refractivity contribution in [2.45, 2.75) is 12.8 Å². The number of nitrogens with zero attached hydrogens (tertiary/aromatic N) is 2. The molecule has 22 heavy (non-hydrogen) atoms. The van der Waals surface area contributed by atoms with Crippen LogP contribution >= 0.6 is 23.2 Å². The van der Waals surface area contributed by atoms with Gasteiger partial charge in [-0.05, 0) is 31.0 Å². The van der Waals surface area contributed by atoms with Gasteiger partial charge < -0.3 is 14.5 Å². The number of ether oxygens (including phenoxy) is 1. The van der Waals surface area contributed by atoms with E-state index < -0.39 is 0 Å². The predicted octanol–water partition coefficient (Wildman–Crippen LogP) is 3.07. The van der Waals surface area contributed by atoms with Gasteiger partial charge in [0.05, 0.1) is 10.7 Å². The van der Waals surface area contributed by atoms with Crippen LogP contribution in [-0.2, 0) is 9.53 Å². The number of carbonyl (C=O) groups is 1. The number of rotatable bonds is 2. The molecule has 6 heteroatoms. The number of carbonyl (C=O) groups excluding carboxylic acids is 1. The van der Waals surface area contributed by atoms with Crippen molar-refractivity contribution in [3.63, 3.8) is 0 Å². The van der Waals surface area contributed by atoms with Gasteiger partial charge in [0.1, 0.15) is 0 Å². The molecule has 0 unspecified atom stereocenters. The third-order valence-corrected chi connectivity index (χ3v) is 4.95. The molecule has 4 nitrogen and oxygen atoms in total. The van der Waals surface area contributed by atoms with Gasteiger partial charge in [0.15, 0.2) is 0 Å². The monoisotopic (exact) mass is 342 g/mol. The minimum Gasteiger partial charge on any atom is -0.381 e. The molecule has 2 saturated heterocycles. The molecule has 0 atom stereocenters. The molecule has 2 fully saturated rings. The maximum absolute atomic E-state index is 12.5. The Hall–Kier alpha value is -0.970. The van der Waals surface area contributed by atoms with Crippen molar-refractivity contribution in [3.8, 4) is 0 Å². The molecule has 0 aromatic heterocycles. The first kappa shape index (κ1) is 15.9. The molecular formula is C16H20Cl2N2O2. The van der Waals surface area contributed by atoms with Crippen LogP contribution in [0.3, 0.4) is 0 Å². The predicted molar refractivity (Wildman–Crippen MR) is 88.8 cm³/mol. The van der Waals surface area contributed by atoms with Crippen LogP contribution in [0.25, 0.3) is 0 Å². The lowest BCUT2D eigenvalue weighted by Crippen LogP contribution is -2.51. The summed E-state index contributed by atoms with van der Waals surface area (Å²) in [4.78, 5) is 16.7. The van der Waals surface area contributed by atoms with Crippen LogP contribution in [0.1, 0.15) is 12.8 Å². The van der Waals surface area contributed by atoms with E-state index in [1.807, 2.05) is 17.0 Å². The Bertz CT molecular complexity index is 539. The maximum atomic E-state index is 12.5. The minimum absolute atomic E-state index is 0.138. The average molecular weight is 343 g/mol. The van der Waals surface area contributed by atoms with Crippen molar-refractivity contribution in [3.05, 3.63) is 28.2 Å². The Morgan fingerprint density at radius 1 is 1.09 bits per heavy atom. The van der Waals surface area contributed by atoms with Gasteiger partial charge in [0.25, 0.3) is 0 Å². The second-order valence-corrected chi connectivity index (χ2v) is 6.64. The summed E-state index contributed by atoms with van der Waals surface area (Å²) in [6.45, 7) is 4.50. The van der Waals surface area contributed by atoms with Gasteiger partial charge in [-0.2, -0.15) is 0 Å². The van der Waals surface area contributed by atoms with Gasteiger partial charge in [-0.1, -0.05) is 23.2 Å². The number of hydrogen-bond donors (Lipinski definition) is 0. The van der Waals surface area contributed by atoms with Crippen molar-refractivity contribution in [1.29, 1.82) is 0 Å². The number of amides is 1. The van der Waals surface area contributed by atoms with Gasteiger partial charge in [-0.15, -0.1) is 0 Å². The first-order chi connectivity index (χ1) is 10.6. The zero-order chi connectivity index (χ0) is 15.5. The van der Waals surface area contributed by atoms with Gasteiger partial charge in [0.2, 0.25) is 5.91 Å². The van der Waals surface area contributed by atoms with Crippen LogP contribution in [0.15, 0.2) is 18.2 Å². The Kier molecular flexibility index (Phi) is 5.11. The second kappa shape index (κ2) is 7.07. The van der Waals surface area contributed by atoms with Crippen LogP contribution in [0.2, 0.25) is 10.0 Å². The van der Waals surface area contributed by atoms with Gasteiger partial charge >= 0.3 is 0 Å². The smallest absolute Gasteiger partial charge is 0.225 e. The molecule has 1 aromatic carbocycles. The van der Waals surface area contributed by atoms with E-state index in [4.69, 9.17) is 27.9 Å². The standard InChI is InChI=1S/C16H20Cl2N2O2/c17-13-1-2-15(14(18)11-13)19-5-7-20(8-6-19)16(21)12-3-9-22-10-4-12/h1-2,11-12H,3-10H2. The maximum Gasteiger partial charge on any atom is 0.225 e. The highest BCUT2D eigenvalue weighted by Crippen LogP contribution is 2.29. The molecule has 2 heterocycles. The van der Waals surface area contributed by atoms with Crippen molar-refractivity contribution in [2.75, 3.05) is 44.3 Å². The topological polar surface area (TPSA) is 32.8 Å². The highest BCUT2D eigenvalue weighted by atomic mass is 35.5. The van der Waals surface area contributed by atoms with E-state index in [1.54, 1.807) is 6.07 Å². The van der Waals surface area contributed by atoms with E-state index in [9.17, 15) is 4.79 Å². The first-order valence-electron chi connectivity index (χ1n) is 7.71. The third-order valence-electron chi connectivity index (χ3n) is 4.41. The summed E-state index contributed by atoms with van der Waals surface area (Å²) in [5.74, 6) is 0.421. The van der Waals surface area contributed by atoms with Crippen LogP contribution in [-0.4, -0.2) is 50.2 Å². The number of benzene rings is 1. The summed E-state index contributed by atoms with van der Waals surface area (Å²) in [5.41, 5.74) is 0.990. The van der Waals surface area contributed by atoms with E-state index in [0.717, 1.165) is 44.7 Å². The average Bonchev–Trinajstić information content (AvgIpc) is 2.55. The van der Waals surface area contributed by atoms with Crippen molar-refractivity contribution in [1.82, 2.24) is 4.90 Å². The lowest BCUT2D eigenvalue weighted by Gasteiger charge is -2.38. The second-order valence-electron chi connectivity index (χ2n) is 5.79. The summed E-state index contributed by atoms with van der Waals surface area (Å²) >= 11 is 12.2. The molecule has 120 valence electrons. The first-order valence-corrected chi connectivity index (χ1v) is 8.47. The normalized spacial score (nSPS) is 20.3. The fourth-order valence-corrected chi connectivity index (χ4v) is 3.64. The Morgan fingerprint density at radius 3 is 2.41 bits per heavy atom. The highest BCUT2D eigenvalue weighted by Gasteiger charge is 2.29. The molecular weight excluding hydrogens is 323 g/mol. The number of hydrogen-bond acceptors (Lipinski definition) is 3. The van der Waals surface area contributed by atoms with E-state index in [-0.39, 0.29) is 11.8 Å². The van der Waals surface area contributed by atoms with Crippen LogP contribution < -0.4 is 4.90 Å². The molecule has 1 aromatic rings. The Labute approximate surface area is 140 Å². The van der Waals surface area contributed by atoms with Gasteiger partial charge in [0, 0.05) is 50.3 Å². The molecule has 1 amide bonds. The zero-order valence-corrected chi connectivity index (χ0v) is 13.9. The summed E-state index contributed by atoms with van der Waals surface area (Å²) in [6.07, 6.45) is 1.70. The highest BCUT2D eigenvalue weighted by molar-refractivity contribution is 6.36. The Balaban J connectivity index is 1.59. The number of anilines is 1. The Morgan fingerprint density at radius 2 is 1.77 bits per heavy atom. The summed E-state index contributed by atoms with van der Waals surface area (Å²) in [5, 5.41) is 1.30. The van der Waals surface area contributed by atoms with E-state index in [2.05, 4.69) is 4.90 Å². The zero-order valence-electron chi connectivity index (χ0n) is 12.4. The summed E-state index contributed by atoms with van der Waals surface area (Å²) < 4.78 is 5.33. The number of piperazine rings is 1. The van der Waals surface area contributed by atoms with Gasteiger partial charge in [-0.3, -0.25) is 4.79 Å². The lowest BCUT2D eigenvalue weighted by molar-refractivity contribution is -0.138. The largest absolute Gasteiger partial charge is 0.381 e. The lowest BCUT2D eigenvalue weighted by atomic mass is 9.98. The minimum atomic E-state index is 0.138. The molecule has 2 aliphatic rings. The molecule has 0 aliphatic carbocycles. The molecule has 3 rings (SSSR count). The van der Waals surface area contributed by atoms with Crippen LogP contribution in [0.5, 0.6) is 0 Å². The summed E-state index contributed by atoms with van der Waals surface area (Å²) in [7, 11) is 0. The summed E-state index contributed by atoms with van der Waals surface area (Å²) in [6, 6.07) is 5.56. The van der Waals surface area contributed by atoms with Crippen molar-refractivity contribution < 1.29 is 9.53 Å². The molecule has 0 bridgehead atoms. The van der Waals surface area contributed by atoms with E-state index in [0.29, 0.717) is 23.3 Å². The van der Waals surface area contributed by atoms with Crippen molar-refractivity contribution in [2.24, 2.45) is 5.92 Å². The van der Waals surface area contributed by atoms with E-state index in [1.165, 1.54) is 0 Å². The van der Waals surface area contributed by atoms with Crippen LogP contribution in [0, 0.1) is 5.92 Å². The van der Waals surface area contributed by atoms with Crippen LogP contribution in [0.4, 0.5) is 5.69 Å².